The Morgan fingerprint density at radius 1 is 1.00 bits per heavy atom. The number of ether oxygens (including phenoxy) is 1. The van der Waals surface area contributed by atoms with Crippen molar-refractivity contribution in [3.8, 4) is 0 Å². The van der Waals surface area contributed by atoms with Gasteiger partial charge in [-0.2, -0.15) is 0 Å². The van der Waals surface area contributed by atoms with Crippen molar-refractivity contribution in [2.24, 2.45) is 0 Å². The van der Waals surface area contributed by atoms with Gasteiger partial charge >= 0.3 is 5.97 Å². The van der Waals surface area contributed by atoms with Crippen LogP contribution in [0, 0.1) is 6.92 Å². The van der Waals surface area contributed by atoms with Gasteiger partial charge in [0.15, 0.2) is 5.78 Å². The van der Waals surface area contributed by atoms with Crippen LogP contribution in [0.1, 0.15) is 45.2 Å². The molecule has 0 atom stereocenters. The van der Waals surface area contributed by atoms with Crippen molar-refractivity contribution in [1.29, 1.82) is 0 Å². The minimum absolute atomic E-state index is 0.0458. The van der Waals surface area contributed by atoms with Crippen molar-refractivity contribution in [3.63, 3.8) is 0 Å². The summed E-state index contributed by atoms with van der Waals surface area (Å²) in [5.74, 6) is 0.334. The summed E-state index contributed by atoms with van der Waals surface area (Å²) in [5, 5.41) is 6.61. The second kappa shape index (κ2) is 9.22. The van der Waals surface area contributed by atoms with Crippen LogP contribution in [0.5, 0.6) is 0 Å². The number of esters is 1. The molecule has 0 amide bonds. The molecule has 0 aliphatic carbocycles. The van der Waals surface area contributed by atoms with E-state index in [0.29, 0.717) is 29.7 Å². The van der Waals surface area contributed by atoms with Gasteiger partial charge in [0.2, 0.25) is 0 Å². The van der Waals surface area contributed by atoms with Gasteiger partial charge in [-0.25, -0.2) is 4.79 Å². The van der Waals surface area contributed by atoms with Crippen LogP contribution < -0.4 is 10.6 Å². The molecule has 28 heavy (non-hydrogen) atoms. The van der Waals surface area contributed by atoms with E-state index < -0.39 is 0 Å². The predicted octanol–water partition coefficient (Wildman–Crippen LogP) is 3.39. The van der Waals surface area contributed by atoms with Crippen LogP contribution in [-0.2, 0) is 11.2 Å². The molecular formula is C23H26N2O3. The number of carbonyl (C=O) groups excluding carboxylic acids is 2. The molecule has 5 nitrogen and oxygen atoms in total. The number of nitrogens with one attached hydrogen (secondary N) is 2. The van der Waals surface area contributed by atoms with E-state index in [1.54, 1.807) is 13.0 Å². The lowest BCUT2D eigenvalue weighted by molar-refractivity contribution is 0.0525. The van der Waals surface area contributed by atoms with E-state index in [2.05, 4.69) is 10.6 Å². The first-order valence-electron chi connectivity index (χ1n) is 9.67. The van der Waals surface area contributed by atoms with E-state index in [4.69, 9.17) is 4.74 Å². The normalized spacial score (nSPS) is 13.3. The molecule has 2 N–H and O–H groups in total. The molecule has 1 aliphatic heterocycles. The third-order valence-corrected chi connectivity index (χ3v) is 4.73. The number of hydrogen-bond acceptors (Lipinski definition) is 5. The maximum atomic E-state index is 13.3. The topological polar surface area (TPSA) is 67.4 Å². The maximum Gasteiger partial charge on any atom is 0.338 e. The zero-order valence-electron chi connectivity index (χ0n) is 16.4. The molecule has 0 bridgehead atoms. The molecule has 0 unspecified atom stereocenters. The molecule has 146 valence electrons. The molecule has 1 heterocycles. The van der Waals surface area contributed by atoms with Crippen LogP contribution in [0.25, 0.3) is 0 Å². The van der Waals surface area contributed by atoms with Crippen LogP contribution in [0.4, 0.5) is 0 Å². The van der Waals surface area contributed by atoms with E-state index in [-0.39, 0.29) is 11.8 Å². The zero-order chi connectivity index (χ0) is 19.9. The third kappa shape index (κ3) is 4.60. The highest BCUT2D eigenvalue weighted by molar-refractivity contribution is 6.09. The zero-order valence-corrected chi connectivity index (χ0v) is 16.4. The molecule has 0 spiro atoms. The highest BCUT2D eigenvalue weighted by Crippen LogP contribution is 2.21. The Kier molecular flexibility index (Phi) is 6.48. The van der Waals surface area contributed by atoms with Crippen LogP contribution in [-0.4, -0.2) is 31.4 Å². The molecular weight excluding hydrogens is 352 g/mol. The Morgan fingerprint density at radius 3 is 2.36 bits per heavy atom. The van der Waals surface area contributed by atoms with Crippen molar-refractivity contribution >= 4 is 11.8 Å². The summed E-state index contributed by atoms with van der Waals surface area (Å²) in [6, 6.07) is 14.9. The Morgan fingerprint density at radius 2 is 1.68 bits per heavy atom. The van der Waals surface area contributed by atoms with E-state index in [0.717, 1.165) is 36.5 Å². The molecule has 1 fully saturated rings. The molecule has 2 aromatic carbocycles. The second-order valence-corrected chi connectivity index (χ2v) is 6.81. The Balaban J connectivity index is 1.99. The highest BCUT2D eigenvalue weighted by Gasteiger charge is 2.22. The van der Waals surface area contributed by atoms with E-state index in [1.165, 1.54) is 0 Å². The number of carbonyl (C=O) groups is 2. The number of aryl methyl sites for hydroxylation is 1. The van der Waals surface area contributed by atoms with Gasteiger partial charge in [-0.05, 0) is 31.9 Å². The van der Waals surface area contributed by atoms with Crippen LogP contribution in [0.3, 0.4) is 0 Å². The van der Waals surface area contributed by atoms with Crippen molar-refractivity contribution in [3.05, 3.63) is 82.2 Å². The summed E-state index contributed by atoms with van der Waals surface area (Å²) < 4.78 is 5.18. The molecule has 0 radical (unpaired) electrons. The first kappa shape index (κ1) is 19.7. The fourth-order valence-electron chi connectivity index (χ4n) is 3.23. The monoisotopic (exact) mass is 378 g/mol. The number of allylic oxidation sites excluding steroid dienone is 1. The first-order valence-corrected chi connectivity index (χ1v) is 9.67. The second-order valence-electron chi connectivity index (χ2n) is 6.81. The molecule has 0 saturated carbocycles. The summed E-state index contributed by atoms with van der Waals surface area (Å²) in [6.45, 7) is 5.71. The Labute approximate surface area is 165 Å². The molecule has 1 aliphatic rings. The number of ketones is 1. The van der Waals surface area contributed by atoms with Gasteiger partial charge in [0.05, 0.1) is 12.2 Å². The fraction of sp³-hybridized carbons (Fsp3) is 0.304. The average Bonchev–Trinajstić information content (AvgIpc) is 2.73. The summed E-state index contributed by atoms with van der Waals surface area (Å²) >= 11 is 0. The highest BCUT2D eigenvalue weighted by atomic mass is 16.5. The predicted molar refractivity (Wildman–Crippen MR) is 109 cm³/mol. The standard InChI is InChI=1S/C23H26N2O3/c1-3-28-23(27)19-8-5-4-7-18(19)15-20(22-24-13-6-14-25-22)21(26)17-11-9-16(2)10-12-17/h4-5,7-12,24-25H,3,6,13-15H2,1-2H3. The van der Waals surface area contributed by atoms with Crippen LogP contribution >= 0.6 is 0 Å². The smallest absolute Gasteiger partial charge is 0.338 e. The van der Waals surface area contributed by atoms with Crippen LogP contribution in [0.15, 0.2) is 59.9 Å². The molecule has 5 heteroatoms. The Hall–Kier alpha value is -3.08. The van der Waals surface area contributed by atoms with Gasteiger partial charge in [0.25, 0.3) is 0 Å². The molecule has 2 aromatic rings. The summed E-state index contributed by atoms with van der Waals surface area (Å²) in [5.41, 5.74) is 3.64. The van der Waals surface area contributed by atoms with E-state index in [9.17, 15) is 9.59 Å². The van der Waals surface area contributed by atoms with Gasteiger partial charge < -0.3 is 15.4 Å². The lowest BCUT2D eigenvalue weighted by atomic mass is 9.93. The minimum atomic E-state index is -0.366. The van der Waals surface area contributed by atoms with E-state index >= 15 is 0 Å². The molecule has 3 rings (SSSR count). The summed E-state index contributed by atoms with van der Waals surface area (Å²) in [7, 11) is 0. The number of rotatable bonds is 6. The number of Topliss-reactive ketones (excluding diaryl/α,β-unsaturated/α-hetero) is 1. The Bertz CT molecular complexity index is 877. The van der Waals surface area contributed by atoms with E-state index in [1.807, 2.05) is 49.4 Å². The third-order valence-electron chi connectivity index (χ3n) is 4.73. The number of benzene rings is 2. The van der Waals surface area contributed by atoms with Crippen molar-refractivity contribution in [1.82, 2.24) is 10.6 Å². The van der Waals surface area contributed by atoms with Gasteiger partial charge in [-0.1, -0.05) is 48.0 Å². The average molecular weight is 378 g/mol. The minimum Gasteiger partial charge on any atom is -0.462 e. The largest absolute Gasteiger partial charge is 0.462 e. The van der Waals surface area contributed by atoms with Gasteiger partial charge in [0, 0.05) is 30.6 Å². The van der Waals surface area contributed by atoms with Crippen molar-refractivity contribution in [2.45, 2.75) is 26.7 Å². The van der Waals surface area contributed by atoms with Gasteiger partial charge in [-0.15, -0.1) is 0 Å². The molecule has 1 saturated heterocycles. The summed E-state index contributed by atoms with van der Waals surface area (Å²) in [4.78, 5) is 25.7. The van der Waals surface area contributed by atoms with Crippen molar-refractivity contribution in [2.75, 3.05) is 19.7 Å². The lowest BCUT2D eigenvalue weighted by Gasteiger charge is -2.23. The fourth-order valence-corrected chi connectivity index (χ4v) is 3.23. The lowest BCUT2D eigenvalue weighted by Crippen LogP contribution is -2.37. The first-order chi connectivity index (χ1) is 13.6. The molecule has 0 aromatic heterocycles. The number of hydrogen-bond donors (Lipinski definition) is 2. The SMILES string of the molecule is CCOC(=O)c1ccccc1CC(C(=O)c1ccc(C)cc1)=C1NCCCN1. The quantitative estimate of drug-likeness (QED) is 0.458. The van der Waals surface area contributed by atoms with Gasteiger partial charge in [-0.3, -0.25) is 4.79 Å². The van der Waals surface area contributed by atoms with Crippen LogP contribution in [0.2, 0.25) is 0 Å². The maximum absolute atomic E-state index is 13.3. The van der Waals surface area contributed by atoms with Gasteiger partial charge in [0.1, 0.15) is 5.82 Å². The summed E-state index contributed by atoms with van der Waals surface area (Å²) in [6.07, 6.45) is 1.34. The van der Waals surface area contributed by atoms with Crippen molar-refractivity contribution < 1.29 is 14.3 Å².